The molecule has 8 heteroatoms. The molecular formula is C19H20N2O6. The maximum atomic E-state index is 13.1. The second-order valence-corrected chi connectivity index (χ2v) is 6.12. The number of hydrogen-bond acceptors (Lipinski definition) is 8. The quantitative estimate of drug-likeness (QED) is 0.621. The summed E-state index contributed by atoms with van der Waals surface area (Å²) in [5.74, 6) is -2.33. The Morgan fingerprint density at radius 1 is 1.22 bits per heavy atom. The maximum absolute atomic E-state index is 13.1. The zero-order valence-corrected chi connectivity index (χ0v) is 15.5. The Labute approximate surface area is 156 Å². The van der Waals surface area contributed by atoms with E-state index in [9.17, 15) is 14.4 Å². The molecule has 3 rings (SSSR count). The number of benzene rings is 1. The molecule has 0 saturated carbocycles. The molecule has 0 amide bonds. The van der Waals surface area contributed by atoms with Crippen LogP contribution in [0.3, 0.4) is 0 Å². The summed E-state index contributed by atoms with van der Waals surface area (Å²) in [6, 6.07) is 6.86. The van der Waals surface area contributed by atoms with Gasteiger partial charge in [-0.15, -0.1) is 0 Å². The molecule has 0 radical (unpaired) electrons. The number of hydrogen-bond donors (Lipinski definition) is 1. The minimum Gasteiger partial charge on any atom is -0.466 e. The molecule has 0 fully saturated rings. The lowest BCUT2D eigenvalue weighted by Gasteiger charge is -2.39. The Morgan fingerprint density at radius 3 is 2.52 bits per heavy atom. The molecule has 142 valence electrons. The molecule has 2 N–H and O–H groups in total. The van der Waals surface area contributed by atoms with Gasteiger partial charge in [-0.1, -0.05) is 18.2 Å². The lowest BCUT2D eigenvalue weighted by atomic mass is 9.66. The zero-order valence-electron chi connectivity index (χ0n) is 15.5. The van der Waals surface area contributed by atoms with Crippen LogP contribution in [0.25, 0.3) is 0 Å². The highest BCUT2D eigenvalue weighted by atomic mass is 16.6. The SMILES string of the molecule is CCOC(=O)C1=C(C)OC(=O)[C@@]12C(C(=O)OC)=C(N)N(C)c1ccccc12. The summed E-state index contributed by atoms with van der Waals surface area (Å²) in [7, 11) is 2.84. The van der Waals surface area contributed by atoms with Crippen LogP contribution < -0.4 is 10.6 Å². The number of para-hydroxylation sites is 1. The number of methoxy groups -OCH3 is 1. The summed E-state index contributed by atoms with van der Waals surface area (Å²) < 4.78 is 15.4. The molecule has 0 unspecified atom stereocenters. The number of carbonyl (C=O) groups is 3. The van der Waals surface area contributed by atoms with Gasteiger partial charge in [0.2, 0.25) is 0 Å². The largest absolute Gasteiger partial charge is 0.466 e. The topological polar surface area (TPSA) is 108 Å². The van der Waals surface area contributed by atoms with E-state index in [-0.39, 0.29) is 29.3 Å². The van der Waals surface area contributed by atoms with E-state index < -0.39 is 23.3 Å². The number of cyclic esters (lactones) is 1. The van der Waals surface area contributed by atoms with Gasteiger partial charge in [-0.05, 0) is 19.9 Å². The second-order valence-electron chi connectivity index (χ2n) is 6.12. The highest BCUT2D eigenvalue weighted by Crippen LogP contribution is 2.53. The van der Waals surface area contributed by atoms with E-state index in [1.54, 1.807) is 43.1 Å². The van der Waals surface area contributed by atoms with E-state index in [0.717, 1.165) is 0 Å². The molecule has 2 aliphatic heterocycles. The zero-order chi connectivity index (χ0) is 19.9. The number of carbonyl (C=O) groups excluding carboxylic acids is 3. The first kappa shape index (κ1) is 18.5. The maximum Gasteiger partial charge on any atom is 0.339 e. The number of nitrogens with two attached hydrogens (primary N) is 1. The minimum absolute atomic E-state index is 0.00556. The summed E-state index contributed by atoms with van der Waals surface area (Å²) in [4.78, 5) is 40.2. The average molecular weight is 372 g/mol. The number of fused-ring (bicyclic) bond motifs is 2. The van der Waals surface area contributed by atoms with Gasteiger partial charge in [-0.3, -0.25) is 0 Å². The van der Waals surface area contributed by atoms with Gasteiger partial charge in [-0.2, -0.15) is 0 Å². The third kappa shape index (κ3) is 2.33. The van der Waals surface area contributed by atoms with E-state index in [1.807, 2.05) is 0 Å². The Balaban J connectivity index is 2.45. The third-order valence-corrected chi connectivity index (χ3v) is 4.81. The van der Waals surface area contributed by atoms with Crippen molar-refractivity contribution >= 4 is 23.6 Å². The van der Waals surface area contributed by atoms with Gasteiger partial charge in [0.05, 0.1) is 13.7 Å². The van der Waals surface area contributed by atoms with Crippen molar-refractivity contribution in [2.45, 2.75) is 19.3 Å². The fraction of sp³-hybridized carbons (Fsp3) is 0.316. The van der Waals surface area contributed by atoms with Crippen molar-refractivity contribution in [1.82, 2.24) is 0 Å². The molecule has 1 aromatic rings. The first-order chi connectivity index (χ1) is 12.8. The van der Waals surface area contributed by atoms with Crippen LogP contribution in [0.4, 0.5) is 5.69 Å². The van der Waals surface area contributed by atoms with Crippen LogP contribution in [0.15, 0.2) is 47.0 Å². The number of ether oxygens (including phenoxy) is 3. The molecule has 0 aliphatic carbocycles. The molecule has 0 bridgehead atoms. The first-order valence-corrected chi connectivity index (χ1v) is 8.34. The van der Waals surface area contributed by atoms with E-state index in [2.05, 4.69) is 0 Å². The van der Waals surface area contributed by atoms with Gasteiger partial charge in [0, 0.05) is 18.3 Å². The molecule has 1 atom stereocenters. The van der Waals surface area contributed by atoms with Gasteiger partial charge in [0.15, 0.2) is 5.41 Å². The van der Waals surface area contributed by atoms with E-state index in [1.165, 1.54) is 14.0 Å². The molecule has 2 aliphatic rings. The highest BCUT2D eigenvalue weighted by Gasteiger charge is 2.63. The molecule has 8 nitrogen and oxygen atoms in total. The summed E-state index contributed by atoms with van der Waals surface area (Å²) in [6.45, 7) is 3.21. The van der Waals surface area contributed by atoms with Crippen LogP contribution in [0, 0.1) is 0 Å². The normalized spacial score (nSPS) is 21.3. The van der Waals surface area contributed by atoms with Crippen molar-refractivity contribution in [2.24, 2.45) is 5.73 Å². The Hall–Kier alpha value is -3.29. The highest BCUT2D eigenvalue weighted by molar-refractivity contribution is 6.16. The van der Waals surface area contributed by atoms with Crippen LogP contribution in [0.5, 0.6) is 0 Å². The molecule has 27 heavy (non-hydrogen) atoms. The summed E-state index contributed by atoms with van der Waals surface area (Å²) in [5.41, 5.74) is 5.10. The first-order valence-electron chi connectivity index (χ1n) is 8.34. The van der Waals surface area contributed by atoms with Gasteiger partial charge in [0.1, 0.15) is 22.7 Å². The van der Waals surface area contributed by atoms with Crippen molar-refractivity contribution in [3.8, 4) is 0 Å². The van der Waals surface area contributed by atoms with Gasteiger partial charge in [0.25, 0.3) is 0 Å². The lowest BCUT2D eigenvalue weighted by molar-refractivity contribution is -0.146. The number of esters is 3. The van der Waals surface area contributed by atoms with Crippen molar-refractivity contribution in [2.75, 3.05) is 25.7 Å². The Morgan fingerprint density at radius 2 is 1.89 bits per heavy atom. The molecule has 1 spiro atoms. The fourth-order valence-corrected chi connectivity index (χ4v) is 3.67. The van der Waals surface area contributed by atoms with Crippen LogP contribution in [-0.4, -0.2) is 38.7 Å². The summed E-state index contributed by atoms with van der Waals surface area (Å²) in [5, 5.41) is 0. The van der Waals surface area contributed by atoms with Crippen molar-refractivity contribution < 1.29 is 28.6 Å². The number of anilines is 1. The summed E-state index contributed by atoms with van der Waals surface area (Å²) >= 11 is 0. The minimum atomic E-state index is -1.85. The predicted octanol–water partition coefficient (Wildman–Crippen LogP) is 1.11. The van der Waals surface area contributed by atoms with Crippen molar-refractivity contribution in [3.63, 3.8) is 0 Å². The van der Waals surface area contributed by atoms with E-state index >= 15 is 0 Å². The van der Waals surface area contributed by atoms with Crippen LogP contribution in [0.2, 0.25) is 0 Å². The molecule has 2 heterocycles. The van der Waals surface area contributed by atoms with E-state index in [0.29, 0.717) is 11.3 Å². The van der Waals surface area contributed by atoms with Crippen LogP contribution in [-0.2, 0) is 34.0 Å². The Kier molecular flexibility index (Phi) is 4.43. The van der Waals surface area contributed by atoms with Crippen molar-refractivity contribution in [3.05, 3.63) is 52.6 Å². The monoisotopic (exact) mass is 372 g/mol. The number of rotatable bonds is 3. The molecule has 0 aromatic heterocycles. The van der Waals surface area contributed by atoms with Crippen molar-refractivity contribution in [1.29, 1.82) is 0 Å². The molecule has 0 saturated heterocycles. The second kappa shape index (κ2) is 6.46. The predicted molar refractivity (Wildman–Crippen MR) is 95.2 cm³/mol. The molecule has 1 aromatic carbocycles. The lowest BCUT2D eigenvalue weighted by Crippen LogP contribution is -2.49. The van der Waals surface area contributed by atoms with Crippen LogP contribution in [0.1, 0.15) is 19.4 Å². The third-order valence-electron chi connectivity index (χ3n) is 4.81. The van der Waals surface area contributed by atoms with Crippen LogP contribution >= 0.6 is 0 Å². The molecular weight excluding hydrogens is 352 g/mol. The van der Waals surface area contributed by atoms with Gasteiger partial charge in [-0.25, -0.2) is 14.4 Å². The van der Waals surface area contributed by atoms with E-state index in [4.69, 9.17) is 19.9 Å². The van der Waals surface area contributed by atoms with Gasteiger partial charge < -0.3 is 24.8 Å². The fourth-order valence-electron chi connectivity index (χ4n) is 3.67. The number of allylic oxidation sites excluding steroid dienone is 1. The average Bonchev–Trinajstić information content (AvgIpc) is 2.90. The smallest absolute Gasteiger partial charge is 0.339 e. The Bertz CT molecular complexity index is 917. The number of nitrogens with zero attached hydrogens (tertiary/aromatic N) is 1. The standard InChI is InChI=1S/C19H20N2O6/c1-5-26-17(23)13-10(2)27-18(24)19(13)11-8-6-7-9-12(11)21(3)15(20)14(19)16(22)25-4/h6-9H,5,20H2,1-4H3/t19-/m1/s1. The summed E-state index contributed by atoms with van der Waals surface area (Å²) in [6.07, 6.45) is 0. The van der Waals surface area contributed by atoms with Gasteiger partial charge >= 0.3 is 17.9 Å².